The van der Waals surface area contributed by atoms with Gasteiger partial charge in [0.05, 0.1) is 7.11 Å². The van der Waals surface area contributed by atoms with Crippen LogP contribution in [0.25, 0.3) is 0 Å². The molecule has 2 rings (SSSR count). The van der Waals surface area contributed by atoms with Crippen LogP contribution in [-0.2, 0) is 9.59 Å². The highest BCUT2D eigenvalue weighted by molar-refractivity contribution is 6.10. The molecule has 0 bridgehead atoms. The van der Waals surface area contributed by atoms with Gasteiger partial charge in [-0.25, -0.2) is 0 Å². The first-order valence-corrected chi connectivity index (χ1v) is 7.29. The molecule has 0 heterocycles. The van der Waals surface area contributed by atoms with E-state index in [9.17, 15) is 9.59 Å². The summed E-state index contributed by atoms with van der Waals surface area (Å²) in [6, 6.07) is 5.43. The summed E-state index contributed by atoms with van der Waals surface area (Å²) >= 11 is 0. The third-order valence-electron chi connectivity index (χ3n) is 4.05. The van der Waals surface area contributed by atoms with Crippen LogP contribution >= 0.6 is 0 Å². The topological polar surface area (TPSA) is 43.4 Å². The van der Waals surface area contributed by atoms with Crippen LogP contribution in [0.15, 0.2) is 18.2 Å². The second-order valence-electron chi connectivity index (χ2n) is 5.28. The number of carbonyl (C=O) groups excluding carboxylic acids is 2. The van der Waals surface area contributed by atoms with Crippen LogP contribution in [0, 0.1) is 17.8 Å². The normalized spacial score (nSPS) is 21.7. The second kappa shape index (κ2) is 6.58. The van der Waals surface area contributed by atoms with Gasteiger partial charge in [0, 0.05) is 23.5 Å². The van der Waals surface area contributed by atoms with Gasteiger partial charge in [-0.3, -0.25) is 9.59 Å². The zero-order chi connectivity index (χ0) is 15.4. The molecule has 0 radical (unpaired) electrons. The van der Waals surface area contributed by atoms with Crippen LogP contribution in [-0.4, -0.2) is 18.7 Å². The van der Waals surface area contributed by atoms with E-state index in [0.29, 0.717) is 24.2 Å². The SMILES string of the molecule is CC#Cc1ccc(C2C(=O)CCC(CC)C2=O)c(OC)c1. The van der Waals surface area contributed by atoms with E-state index in [1.807, 2.05) is 13.0 Å². The Morgan fingerprint density at radius 1 is 1.33 bits per heavy atom. The summed E-state index contributed by atoms with van der Waals surface area (Å²) in [5.41, 5.74) is 1.49. The zero-order valence-corrected chi connectivity index (χ0v) is 12.7. The maximum absolute atomic E-state index is 12.5. The third kappa shape index (κ3) is 3.00. The van der Waals surface area contributed by atoms with Gasteiger partial charge in [-0.15, -0.1) is 5.92 Å². The van der Waals surface area contributed by atoms with Crippen LogP contribution in [0.5, 0.6) is 5.75 Å². The quantitative estimate of drug-likeness (QED) is 0.632. The summed E-state index contributed by atoms with van der Waals surface area (Å²) < 4.78 is 5.38. The fraction of sp³-hybridized carbons (Fsp3) is 0.444. The predicted molar refractivity (Wildman–Crippen MR) is 81.3 cm³/mol. The van der Waals surface area contributed by atoms with Crippen molar-refractivity contribution in [2.45, 2.75) is 39.0 Å². The Hall–Kier alpha value is -2.08. The number of methoxy groups -OCH3 is 1. The molecule has 3 heteroatoms. The zero-order valence-electron chi connectivity index (χ0n) is 12.7. The molecular weight excluding hydrogens is 264 g/mol. The molecule has 2 atom stereocenters. The molecular formula is C18H20O3. The first-order chi connectivity index (χ1) is 10.1. The van der Waals surface area contributed by atoms with Crippen molar-refractivity contribution in [3.8, 4) is 17.6 Å². The average molecular weight is 284 g/mol. The maximum atomic E-state index is 12.5. The number of hydrogen-bond acceptors (Lipinski definition) is 3. The monoisotopic (exact) mass is 284 g/mol. The molecule has 0 aromatic heterocycles. The second-order valence-corrected chi connectivity index (χ2v) is 5.28. The molecule has 110 valence electrons. The van der Waals surface area contributed by atoms with Gasteiger partial charge in [-0.05, 0) is 31.9 Å². The molecule has 0 amide bonds. The molecule has 1 aromatic carbocycles. The highest BCUT2D eigenvalue weighted by Gasteiger charge is 2.38. The van der Waals surface area contributed by atoms with Crippen molar-refractivity contribution >= 4 is 11.6 Å². The fourth-order valence-electron chi connectivity index (χ4n) is 2.90. The van der Waals surface area contributed by atoms with Gasteiger partial charge in [-0.1, -0.05) is 18.9 Å². The van der Waals surface area contributed by atoms with Crippen LogP contribution in [0.1, 0.15) is 50.2 Å². The summed E-state index contributed by atoms with van der Waals surface area (Å²) in [5, 5.41) is 0. The van der Waals surface area contributed by atoms with Crippen molar-refractivity contribution in [3.63, 3.8) is 0 Å². The standard InChI is InChI=1S/C18H20O3/c1-4-6-12-7-9-14(16(11-12)21-3)17-15(19)10-8-13(5-2)18(17)20/h7,9,11,13,17H,5,8,10H2,1-3H3. The van der Waals surface area contributed by atoms with E-state index >= 15 is 0 Å². The Kier molecular flexibility index (Phi) is 4.80. The molecule has 21 heavy (non-hydrogen) atoms. The number of carbonyl (C=O) groups is 2. The average Bonchev–Trinajstić information content (AvgIpc) is 2.49. The van der Waals surface area contributed by atoms with Crippen LogP contribution in [0.2, 0.25) is 0 Å². The molecule has 1 aliphatic rings. The molecule has 1 aliphatic carbocycles. The van der Waals surface area contributed by atoms with Gasteiger partial charge < -0.3 is 4.74 Å². The Labute approximate surface area is 125 Å². The molecule has 2 unspecified atom stereocenters. The maximum Gasteiger partial charge on any atom is 0.150 e. The van der Waals surface area contributed by atoms with Crippen molar-refractivity contribution in [2.24, 2.45) is 5.92 Å². The number of benzene rings is 1. The fourth-order valence-corrected chi connectivity index (χ4v) is 2.90. The Bertz CT molecular complexity index is 619. The van der Waals surface area contributed by atoms with E-state index < -0.39 is 5.92 Å². The third-order valence-corrected chi connectivity index (χ3v) is 4.05. The highest BCUT2D eigenvalue weighted by atomic mass is 16.5. The largest absolute Gasteiger partial charge is 0.496 e. The predicted octanol–water partition coefficient (Wildman–Crippen LogP) is 3.11. The smallest absolute Gasteiger partial charge is 0.150 e. The van der Waals surface area contributed by atoms with Crippen LogP contribution < -0.4 is 4.74 Å². The van der Waals surface area contributed by atoms with E-state index in [4.69, 9.17) is 4.74 Å². The molecule has 1 fully saturated rings. The molecule has 0 saturated heterocycles. The van der Waals surface area contributed by atoms with E-state index in [-0.39, 0.29) is 17.5 Å². The van der Waals surface area contributed by atoms with Gasteiger partial charge >= 0.3 is 0 Å². The van der Waals surface area contributed by atoms with E-state index in [1.54, 1.807) is 26.2 Å². The summed E-state index contributed by atoms with van der Waals surface area (Å²) in [6.07, 6.45) is 1.92. The highest BCUT2D eigenvalue weighted by Crippen LogP contribution is 2.36. The minimum atomic E-state index is -0.678. The molecule has 1 saturated carbocycles. The van der Waals surface area contributed by atoms with Gasteiger partial charge in [0.25, 0.3) is 0 Å². The molecule has 3 nitrogen and oxygen atoms in total. The number of rotatable bonds is 3. The van der Waals surface area contributed by atoms with Gasteiger partial charge in [0.1, 0.15) is 17.5 Å². The lowest BCUT2D eigenvalue weighted by molar-refractivity contribution is -0.135. The van der Waals surface area contributed by atoms with Crippen molar-refractivity contribution < 1.29 is 14.3 Å². The minimum Gasteiger partial charge on any atom is -0.496 e. The van der Waals surface area contributed by atoms with Gasteiger partial charge in [0.15, 0.2) is 5.78 Å². The Balaban J connectivity index is 2.45. The first kappa shape index (κ1) is 15.3. The van der Waals surface area contributed by atoms with Gasteiger partial charge in [-0.2, -0.15) is 0 Å². The number of ketones is 2. The van der Waals surface area contributed by atoms with Gasteiger partial charge in [0.2, 0.25) is 0 Å². The van der Waals surface area contributed by atoms with Crippen molar-refractivity contribution in [3.05, 3.63) is 29.3 Å². The van der Waals surface area contributed by atoms with Crippen molar-refractivity contribution in [1.82, 2.24) is 0 Å². The van der Waals surface area contributed by atoms with E-state index in [2.05, 4.69) is 11.8 Å². The molecule has 1 aromatic rings. The lowest BCUT2D eigenvalue weighted by Crippen LogP contribution is -2.33. The van der Waals surface area contributed by atoms with Crippen molar-refractivity contribution in [1.29, 1.82) is 0 Å². The number of hydrogen-bond donors (Lipinski definition) is 0. The van der Waals surface area contributed by atoms with Crippen LogP contribution in [0.4, 0.5) is 0 Å². The number of Topliss-reactive ketones (excluding diaryl/α,β-unsaturated/α-hetero) is 2. The summed E-state index contributed by atoms with van der Waals surface area (Å²) in [4.78, 5) is 24.8. The summed E-state index contributed by atoms with van der Waals surface area (Å²) in [6.45, 7) is 3.76. The van der Waals surface area contributed by atoms with E-state index in [1.165, 1.54) is 0 Å². The lowest BCUT2D eigenvalue weighted by atomic mass is 9.74. The Morgan fingerprint density at radius 3 is 2.71 bits per heavy atom. The summed E-state index contributed by atoms with van der Waals surface area (Å²) in [5.74, 6) is 5.68. The molecule has 0 spiro atoms. The lowest BCUT2D eigenvalue weighted by Gasteiger charge is -2.27. The van der Waals surface area contributed by atoms with E-state index in [0.717, 1.165) is 12.0 Å². The molecule has 0 aliphatic heterocycles. The number of ether oxygens (including phenoxy) is 1. The minimum absolute atomic E-state index is 0.00248. The van der Waals surface area contributed by atoms with Crippen LogP contribution in [0.3, 0.4) is 0 Å². The summed E-state index contributed by atoms with van der Waals surface area (Å²) in [7, 11) is 1.55. The first-order valence-electron chi connectivity index (χ1n) is 7.29. The van der Waals surface area contributed by atoms with Crippen molar-refractivity contribution in [2.75, 3.05) is 7.11 Å². The molecule has 0 N–H and O–H groups in total. The Morgan fingerprint density at radius 2 is 2.10 bits per heavy atom.